The number of hydrogen-bond acceptors (Lipinski definition) is 2. The van der Waals surface area contributed by atoms with Gasteiger partial charge in [0.15, 0.2) is 0 Å². The second-order valence-corrected chi connectivity index (χ2v) is 6.65. The molecule has 1 aromatic heterocycles. The number of nitrogens with one attached hydrogen (secondary N) is 1. The molecular formula is C14H15BrFNS. The maximum absolute atomic E-state index is 13.5. The molecule has 1 nitrogen and oxygen atoms in total. The molecule has 0 amide bonds. The lowest BCUT2D eigenvalue weighted by Crippen LogP contribution is -2.13. The maximum Gasteiger partial charge on any atom is 0.127 e. The third-order valence-corrected chi connectivity index (χ3v) is 4.28. The van der Waals surface area contributed by atoms with Gasteiger partial charge < -0.3 is 5.32 Å². The number of halogens is 2. The molecule has 0 radical (unpaired) electrons. The van der Waals surface area contributed by atoms with Gasteiger partial charge in [-0.1, -0.05) is 15.9 Å². The number of hydrogen-bond donors (Lipinski definition) is 1. The topological polar surface area (TPSA) is 12.0 Å². The maximum atomic E-state index is 13.5. The second kappa shape index (κ2) is 5.95. The average molecular weight is 328 g/mol. The van der Waals surface area contributed by atoms with Gasteiger partial charge >= 0.3 is 0 Å². The molecule has 0 aliphatic heterocycles. The van der Waals surface area contributed by atoms with Crippen LogP contribution in [0.25, 0.3) is 0 Å². The van der Waals surface area contributed by atoms with Gasteiger partial charge in [-0.05, 0) is 43.7 Å². The van der Waals surface area contributed by atoms with Crippen LogP contribution in [0, 0.1) is 19.7 Å². The Kier molecular flexibility index (Phi) is 4.54. The Morgan fingerprint density at radius 2 is 1.89 bits per heavy atom. The van der Waals surface area contributed by atoms with Crippen molar-refractivity contribution in [3.8, 4) is 0 Å². The van der Waals surface area contributed by atoms with Gasteiger partial charge in [-0.2, -0.15) is 0 Å². The van der Waals surface area contributed by atoms with Gasteiger partial charge in [0.1, 0.15) is 5.82 Å². The molecule has 96 valence electrons. The Hall–Kier alpha value is -0.710. The summed E-state index contributed by atoms with van der Waals surface area (Å²) in [6, 6.07) is 7.20. The van der Waals surface area contributed by atoms with Gasteiger partial charge in [0.25, 0.3) is 0 Å². The Morgan fingerprint density at radius 3 is 2.56 bits per heavy atom. The lowest BCUT2D eigenvalue weighted by atomic mass is 10.2. The monoisotopic (exact) mass is 327 g/mol. The van der Waals surface area contributed by atoms with Crippen LogP contribution in [0.4, 0.5) is 4.39 Å². The summed E-state index contributed by atoms with van der Waals surface area (Å²) in [5.74, 6) is -0.163. The highest BCUT2D eigenvalue weighted by molar-refractivity contribution is 9.10. The smallest absolute Gasteiger partial charge is 0.127 e. The minimum atomic E-state index is -0.163. The molecule has 0 fully saturated rings. The van der Waals surface area contributed by atoms with Gasteiger partial charge in [-0.15, -0.1) is 11.3 Å². The Labute approximate surface area is 119 Å². The molecule has 0 aliphatic rings. The molecule has 4 heteroatoms. The lowest BCUT2D eigenvalue weighted by molar-refractivity contribution is 0.587. The van der Waals surface area contributed by atoms with E-state index >= 15 is 0 Å². The van der Waals surface area contributed by atoms with Crippen molar-refractivity contribution in [3.05, 3.63) is 55.4 Å². The summed E-state index contributed by atoms with van der Waals surface area (Å²) in [6.07, 6.45) is 0. The van der Waals surface area contributed by atoms with Crippen LogP contribution < -0.4 is 5.32 Å². The third-order valence-electron chi connectivity index (χ3n) is 2.78. The van der Waals surface area contributed by atoms with Crippen LogP contribution in [0.15, 0.2) is 28.7 Å². The van der Waals surface area contributed by atoms with Gasteiger partial charge in [-0.25, -0.2) is 4.39 Å². The van der Waals surface area contributed by atoms with E-state index in [4.69, 9.17) is 0 Å². The first-order chi connectivity index (χ1) is 8.56. The zero-order valence-electron chi connectivity index (χ0n) is 10.4. The van der Waals surface area contributed by atoms with E-state index in [-0.39, 0.29) is 5.82 Å². The number of rotatable bonds is 4. The van der Waals surface area contributed by atoms with Gasteiger partial charge in [0.05, 0.1) is 0 Å². The summed E-state index contributed by atoms with van der Waals surface area (Å²) in [5.41, 5.74) is 1.99. The fourth-order valence-corrected chi connectivity index (χ4v) is 3.22. The molecule has 1 heterocycles. The SMILES string of the molecule is Cc1cc(CNCc2cc(Br)ccc2F)c(C)s1. The highest BCUT2D eigenvalue weighted by Crippen LogP contribution is 2.20. The van der Waals surface area contributed by atoms with Crippen LogP contribution in [-0.2, 0) is 13.1 Å². The molecule has 0 unspecified atom stereocenters. The van der Waals surface area contributed by atoms with E-state index in [0.29, 0.717) is 12.1 Å². The van der Waals surface area contributed by atoms with E-state index in [1.54, 1.807) is 17.4 Å². The first-order valence-corrected chi connectivity index (χ1v) is 7.38. The molecule has 0 saturated heterocycles. The van der Waals surface area contributed by atoms with E-state index in [9.17, 15) is 4.39 Å². The highest BCUT2D eigenvalue weighted by Gasteiger charge is 2.05. The van der Waals surface area contributed by atoms with E-state index in [2.05, 4.69) is 41.2 Å². The van der Waals surface area contributed by atoms with Crippen LogP contribution in [0.3, 0.4) is 0 Å². The summed E-state index contributed by atoms with van der Waals surface area (Å²) in [7, 11) is 0. The van der Waals surface area contributed by atoms with Crippen LogP contribution >= 0.6 is 27.3 Å². The molecule has 0 atom stereocenters. The van der Waals surface area contributed by atoms with Crippen molar-refractivity contribution in [2.45, 2.75) is 26.9 Å². The minimum absolute atomic E-state index is 0.163. The van der Waals surface area contributed by atoms with E-state index < -0.39 is 0 Å². The zero-order chi connectivity index (χ0) is 13.1. The van der Waals surface area contributed by atoms with Crippen LogP contribution in [-0.4, -0.2) is 0 Å². The third kappa shape index (κ3) is 3.40. The van der Waals surface area contributed by atoms with Crippen molar-refractivity contribution in [1.29, 1.82) is 0 Å². The normalized spacial score (nSPS) is 10.9. The summed E-state index contributed by atoms with van der Waals surface area (Å²) in [5, 5.41) is 3.29. The fraction of sp³-hybridized carbons (Fsp3) is 0.286. The summed E-state index contributed by atoms with van der Waals surface area (Å²) in [4.78, 5) is 2.65. The first-order valence-electron chi connectivity index (χ1n) is 5.77. The predicted octanol–water partition coefficient (Wildman–Crippen LogP) is 4.56. The van der Waals surface area contributed by atoms with E-state index in [0.717, 1.165) is 11.0 Å². The van der Waals surface area contributed by atoms with Crippen molar-refractivity contribution in [3.63, 3.8) is 0 Å². The Bertz CT molecular complexity index is 551. The molecule has 0 aliphatic carbocycles. The second-order valence-electron chi connectivity index (χ2n) is 4.28. The lowest BCUT2D eigenvalue weighted by Gasteiger charge is -2.06. The van der Waals surface area contributed by atoms with E-state index in [1.165, 1.54) is 21.4 Å². The molecule has 0 saturated carbocycles. The van der Waals surface area contributed by atoms with Gasteiger partial charge in [-0.3, -0.25) is 0 Å². The molecule has 1 N–H and O–H groups in total. The average Bonchev–Trinajstić information content (AvgIpc) is 2.62. The molecular weight excluding hydrogens is 313 g/mol. The van der Waals surface area contributed by atoms with Crippen LogP contribution in [0.2, 0.25) is 0 Å². The summed E-state index contributed by atoms with van der Waals surface area (Å²) in [6.45, 7) is 5.55. The Balaban J connectivity index is 1.96. The quantitative estimate of drug-likeness (QED) is 0.868. The van der Waals surface area contributed by atoms with Crippen molar-refractivity contribution in [2.24, 2.45) is 0 Å². The predicted molar refractivity (Wildman–Crippen MR) is 78.4 cm³/mol. The summed E-state index contributed by atoms with van der Waals surface area (Å²) >= 11 is 5.15. The molecule has 0 spiro atoms. The minimum Gasteiger partial charge on any atom is -0.308 e. The standard InChI is InChI=1S/C14H15BrFNS/c1-9-5-11(10(2)18-9)7-17-8-12-6-13(15)3-4-14(12)16/h3-6,17H,7-8H2,1-2H3. The van der Waals surface area contributed by atoms with Crippen LogP contribution in [0.1, 0.15) is 20.9 Å². The first kappa shape index (κ1) is 13.7. The molecule has 1 aromatic carbocycles. The number of benzene rings is 1. The van der Waals surface area contributed by atoms with Crippen molar-refractivity contribution in [2.75, 3.05) is 0 Å². The van der Waals surface area contributed by atoms with Crippen molar-refractivity contribution >= 4 is 27.3 Å². The molecule has 2 rings (SSSR count). The van der Waals surface area contributed by atoms with Gasteiger partial charge in [0.2, 0.25) is 0 Å². The summed E-state index contributed by atoms with van der Waals surface area (Å²) < 4.78 is 14.4. The van der Waals surface area contributed by atoms with Crippen LogP contribution in [0.5, 0.6) is 0 Å². The molecule has 2 aromatic rings. The van der Waals surface area contributed by atoms with Crippen molar-refractivity contribution in [1.82, 2.24) is 5.32 Å². The number of thiophene rings is 1. The van der Waals surface area contributed by atoms with Crippen molar-refractivity contribution < 1.29 is 4.39 Å². The Morgan fingerprint density at radius 1 is 1.17 bits per heavy atom. The zero-order valence-corrected chi connectivity index (χ0v) is 12.8. The van der Waals surface area contributed by atoms with E-state index in [1.807, 2.05) is 6.07 Å². The fourth-order valence-electron chi connectivity index (χ4n) is 1.87. The van der Waals surface area contributed by atoms with Gasteiger partial charge in [0, 0.05) is 32.9 Å². The largest absolute Gasteiger partial charge is 0.308 e. The highest BCUT2D eigenvalue weighted by atomic mass is 79.9. The number of aryl methyl sites for hydroxylation is 2. The molecule has 18 heavy (non-hydrogen) atoms. The molecule has 0 bridgehead atoms.